The van der Waals surface area contributed by atoms with Gasteiger partial charge in [0, 0.05) is 11.8 Å². The smallest absolute Gasteiger partial charge is 0.0655 e. The lowest BCUT2D eigenvalue weighted by atomic mass is 9.84. The average Bonchev–Trinajstić information content (AvgIpc) is 2.52. The van der Waals surface area contributed by atoms with E-state index in [1.54, 1.807) is 0 Å². The van der Waals surface area contributed by atoms with E-state index in [2.05, 4.69) is 56.9 Å². The number of hydrogen-bond donors (Lipinski definition) is 0. The fourth-order valence-electron chi connectivity index (χ4n) is 2.90. The number of hydrogen-bond acceptors (Lipinski definition) is 1. The Balaban J connectivity index is 0.000000292. The molecule has 1 nitrogen and oxygen atoms in total. The molecule has 0 radical (unpaired) electrons. The van der Waals surface area contributed by atoms with Crippen LogP contribution in [0.25, 0.3) is 17.2 Å². The summed E-state index contributed by atoms with van der Waals surface area (Å²) in [7, 11) is 0. The highest BCUT2D eigenvalue weighted by atomic mass is 14.7. The van der Waals surface area contributed by atoms with Crippen LogP contribution in [0.15, 0.2) is 36.5 Å². The maximum atomic E-state index is 4.51. The molecule has 3 rings (SSSR count). The Morgan fingerprint density at radius 1 is 1.00 bits per heavy atom. The summed E-state index contributed by atoms with van der Waals surface area (Å²) in [4.78, 5) is 4.51. The zero-order valence-corrected chi connectivity index (χ0v) is 15.9. The second kappa shape index (κ2) is 8.82. The fraction of sp³-hybridized carbons (Fsp3) is 0.435. The second-order valence-corrected chi connectivity index (χ2v) is 6.93. The summed E-state index contributed by atoms with van der Waals surface area (Å²) in [6, 6.07) is 8.75. The van der Waals surface area contributed by atoms with Crippen molar-refractivity contribution >= 4 is 6.08 Å². The molecule has 0 bridgehead atoms. The van der Waals surface area contributed by atoms with E-state index in [4.69, 9.17) is 0 Å². The van der Waals surface area contributed by atoms with Gasteiger partial charge in [-0.05, 0) is 68.0 Å². The van der Waals surface area contributed by atoms with Crippen molar-refractivity contribution in [3.05, 3.63) is 58.9 Å². The van der Waals surface area contributed by atoms with E-state index in [1.165, 1.54) is 53.5 Å². The van der Waals surface area contributed by atoms with Gasteiger partial charge in [0.25, 0.3) is 0 Å². The van der Waals surface area contributed by atoms with Crippen LogP contribution in [0.2, 0.25) is 0 Å². The van der Waals surface area contributed by atoms with Gasteiger partial charge in [0.15, 0.2) is 0 Å². The third-order valence-electron chi connectivity index (χ3n) is 5.09. The zero-order valence-electron chi connectivity index (χ0n) is 15.9. The van der Waals surface area contributed by atoms with E-state index in [0.29, 0.717) is 0 Å². The van der Waals surface area contributed by atoms with Gasteiger partial charge in [-0.1, -0.05) is 56.9 Å². The molecule has 1 aromatic carbocycles. The number of aromatic nitrogens is 1. The highest BCUT2D eigenvalue weighted by Gasteiger charge is 2.13. The first-order chi connectivity index (χ1) is 11.5. The molecular weight excluding hydrogens is 290 g/mol. The summed E-state index contributed by atoms with van der Waals surface area (Å²) in [5.74, 6) is 1.12. The lowest BCUT2D eigenvalue weighted by Gasteiger charge is -2.22. The highest BCUT2D eigenvalue weighted by molar-refractivity contribution is 5.66. The molecule has 1 saturated carbocycles. The molecule has 0 aliphatic heterocycles. The van der Waals surface area contributed by atoms with Crippen LogP contribution in [0.5, 0.6) is 0 Å². The predicted octanol–water partition coefficient (Wildman–Crippen LogP) is 6.90. The van der Waals surface area contributed by atoms with Crippen molar-refractivity contribution in [3.63, 3.8) is 0 Å². The van der Waals surface area contributed by atoms with Crippen molar-refractivity contribution in [3.8, 4) is 11.1 Å². The van der Waals surface area contributed by atoms with Gasteiger partial charge < -0.3 is 0 Å². The Bertz CT molecular complexity index is 690. The highest BCUT2D eigenvalue weighted by Crippen LogP contribution is 2.28. The monoisotopic (exact) mass is 321 g/mol. The lowest BCUT2D eigenvalue weighted by Crippen LogP contribution is -2.08. The zero-order chi connectivity index (χ0) is 17.5. The Morgan fingerprint density at radius 2 is 1.71 bits per heavy atom. The van der Waals surface area contributed by atoms with Gasteiger partial charge in [-0.15, -0.1) is 0 Å². The van der Waals surface area contributed by atoms with E-state index in [0.717, 1.165) is 11.6 Å². The summed E-state index contributed by atoms with van der Waals surface area (Å²) in [6.07, 6.45) is 11.9. The Hall–Kier alpha value is -1.89. The number of allylic oxidation sites excluding steroid dienone is 1. The van der Waals surface area contributed by atoms with Gasteiger partial charge in [0.05, 0.1) is 5.69 Å². The van der Waals surface area contributed by atoms with E-state index in [-0.39, 0.29) is 0 Å². The molecule has 1 fully saturated rings. The number of nitrogens with zero attached hydrogens (tertiary/aromatic N) is 1. The number of aryl methyl sites for hydroxylation is 3. The Morgan fingerprint density at radius 3 is 2.17 bits per heavy atom. The number of rotatable bonds is 3. The van der Waals surface area contributed by atoms with Gasteiger partial charge in [-0.25, -0.2) is 0 Å². The standard InChI is InChI=1S/C17H19N.C6H12/c1-5-6-17-14(4)10-16(11-18-17)15-8-7-12(2)13(3)9-15;1-2-6-4-3-5-6/h5-11H,1-4H3;6H,2-5H2,1H3/b6-5-;. The van der Waals surface area contributed by atoms with Gasteiger partial charge in [0.2, 0.25) is 0 Å². The van der Waals surface area contributed by atoms with E-state index in [9.17, 15) is 0 Å². The van der Waals surface area contributed by atoms with Crippen molar-refractivity contribution in [1.82, 2.24) is 4.98 Å². The SMILES string of the molecule is C/C=C\c1ncc(-c2ccc(C)c(C)c2)cc1C.CCC1CCC1. The largest absolute Gasteiger partial charge is 0.256 e. The van der Waals surface area contributed by atoms with Gasteiger partial charge in [-0.2, -0.15) is 0 Å². The lowest BCUT2D eigenvalue weighted by molar-refractivity contribution is 0.307. The predicted molar refractivity (Wildman–Crippen MR) is 106 cm³/mol. The van der Waals surface area contributed by atoms with Crippen molar-refractivity contribution in [2.75, 3.05) is 0 Å². The topological polar surface area (TPSA) is 12.9 Å². The first-order valence-electron chi connectivity index (χ1n) is 9.22. The molecule has 0 unspecified atom stereocenters. The molecule has 1 heterocycles. The maximum absolute atomic E-state index is 4.51. The first kappa shape index (κ1) is 18.4. The van der Waals surface area contributed by atoms with Crippen molar-refractivity contribution < 1.29 is 0 Å². The number of pyridine rings is 1. The average molecular weight is 322 g/mol. The minimum atomic E-state index is 1.05. The second-order valence-electron chi connectivity index (χ2n) is 6.93. The molecule has 1 heteroatoms. The number of benzene rings is 1. The molecule has 128 valence electrons. The van der Waals surface area contributed by atoms with Crippen LogP contribution >= 0.6 is 0 Å². The Labute approximate surface area is 147 Å². The van der Waals surface area contributed by atoms with Gasteiger partial charge >= 0.3 is 0 Å². The molecule has 0 spiro atoms. The minimum absolute atomic E-state index is 1.05. The van der Waals surface area contributed by atoms with Crippen LogP contribution in [0, 0.1) is 26.7 Å². The van der Waals surface area contributed by atoms with E-state index in [1.807, 2.05) is 25.3 Å². The molecule has 24 heavy (non-hydrogen) atoms. The van der Waals surface area contributed by atoms with E-state index < -0.39 is 0 Å². The van der Waals surface area contributed by atoms with Crippen molar-refractivity contribution in [2.45, 2.75) is 60.3 Å². The van der Waals surface area contributed by atoms with Crippen LogP contribution < -0.4 is 0 Å². The minimum Gasteiger partial charge on any atom is -0.256 e. The van der Waals surface area contributed by atoms with Gasteiger partial charge in [0.1, 0.15) is 0 Å². The molecular formula is C23H31N. The molecule has 0 atom stereocenters. The maximum Gasteiger partial charge on any atom is 0.0655 e. The molecule has 0 N–H and O–H groups in total. The normalized spacial score (nSPS) is 14.2. The quantitative estimate of drug-likeness (QED) is 0.599. The first-order valence-corrected chi connectivity index (χ1v) is 9.22. The van der Waals surface area contributed by atoms with Crippen LogP contribution in [0.4, 0.5) is 0 Å². The third kappa shape index (κ3) is 4.80. The van der Waals surface area contributed by atoms with Crippen LogP contribution in [0.3, 0.4) is 0 Å². The summed E-state index contributed by atoms with van der Waals surface area (Å²) >= 11 is 0. The Kier molecular flexibility index (Phi) is 6.78. The molecule has 2 aromatic rings. The molecule has 0 saturated heterocycles. The molecule has 1 aromatic heterocycles. The van der Waals surface area contributed by atoms with Crippen LogP contribution in [-0.2, 0) is 0 Å². The summed E-state index contributed by atoms with van der Waals surface area (Å²) in [5, 5.41) is 0. The molecule has 1 aliphatic carbocycles. The van der Waals surface area contributed by atoms with Crippen molar-refractivity contribution in [1.29, 1.82) is 0 Å². The van der Waals surface area contributed by atoms with Gasteiger partial charge in [-0.3, -0.25) is 4.98 Å². The summed E-state index contributed by atoms with van der Waals surface area (Å²) in [6.45, 7) is 10.7. The van der Waals surface area contributed by atoms with Crippen LogP contribution in [-0.4, -0.2) is 4.98 Å². The van der Waals surface area contributed by atoms with E-state index >= 15 is 0 Å². The summed E-state index contributed by atoms with van der Waals surface area (Å²) in [5.41, 5.74) is 7.33. The molecule has 0 amide bonds. The fourth-order valence-corrected chi connectivity index (χ4v) is 2.90. The van der Waals surface area contributed by atoms with Crippen LogP contribution in [0.1, 0.15) is 61.9 Å². The van der Waals surface area contributed by atoms with Crippen molar-refractivity contribution in [2.24, 2.45) is 5.92 Å². The third-order valence-corrected chi connectivity index (χ3v) is 5.09. The summed E-state index contributed by atoms with van der Waals surface area (Å²) < 4.78 is 0. The molecule has 1 aliphatic rings.